The van der Waals surface area contributed by atoms with E-state index in [9.17, 15) is 9.70 Å². The number of amides is 1. The van der Waals surface area contributed by atoms with Gasteiger partial charge < -0.3 is 4.90 Å². The summed E-state index contributed by atoms with van der Waals surface area (Å²) in [4.78, 5) is 27.8. The largest absolute Gasteiger partial charge is 0.349 e. The average molecular weight is 287 g/mol. The molecule has 0 aliphatic heterocycles. The summed E-state index contributed by atoms with van der Waals surface area (Å²) in [5, 5.41) is 7.47. The highest BCUT2D eigenvalue weighted by atomic mass is 16.6. The first-order valence-electron chi connectivity index (χ1n) is 6.86. The number of hydrogen-bond acceptors (Lipinski definition) is 5. The Hall–Kier alpha value is -2.53. The summed E-state index contributed by atoms with van der Waals surface area (Å²) in [6.45, 7) is 0. The maximum Gasteiger partial charge on any atom is 0.349 e. The van der Waals surface area contributed by atoms with E-state index in [0.29, 0.717) is 35.2 Å². The number of carbonyl (C=O) groups is 1. The van der Waals surface area contributed by atoms with Gasteiger partial charge in [0.2, 0.25) is 4.85 Å². The summed E-state index contributed by atoms with van der Waals surface area (Å²) in [6.07, 6.45) is 2.88. The normalized spacial score (nSPS) is 18.5. The number of nitroso groups, excluding NO2 is 1. The van der Waals surface area contributed by atoms with E-state index in [4.69, 9.17) is 0 Å². The van der Waals surface area contributed by atoms with Gasteiger partial charge in [-0.1, -0.05) is 0 Å². The predicted molar refractivity (Wildman–Crippen MR) is 76.7 cm³/mol. The standard InChI is InChI=1S/C14H15N4O3/c1-18(11-5-3-10(15-20)4-6-11)14(19)9-2-7-12-13(8-9)17-21-16-12/h2,7-8,11H,3-6H2,1H3/q+1. The van der Waals surface area contributed by atoms with Crippen LogP contribution in [0.1, 0.15) is 36.0 Å². The molecule has 108 valence electrons. The van der Waals surface area contributed by atoms with Gasteiger partial charge in [0, 0.05) is 18.7 Å². The minimum atomic E-state index is -0.0626. The Morgan fingerprint density at radius 2 is 2.00 bits per heavy atom. The van der Waals surface area contributed by atoms with Crippen molar-refractivity contribution in [2.45, 2.75) is 31.7 Å². The molecule has 1 heterocycles. The smallest absolute Gasteiger partial charge is 0.339 e. The number of rotatable bonds is 2. The molecule has 1 aliphatic rings. The van der Waals surface area contributed by atoms with E-state index in [1.165, 1.54) is 0 Å². The number of benzene rings is 1. The molecule has 2 aromatic rings. The van der Waals surface area contributed by atoms with Crippen LogP contribution in [0.2, 0.25) is 0 Å². The zero-order valence-corrected chi connectivity index (χ0v) is 11.7. The second kappa shape index (κ2) is 5.46. The predicted octanol–water partition coefficient (Wildman–Crippen LogP) is 1.51. The molecule has 0 saturated heterocycles. The molecule has 21 heavy (non-hydrogen) atoms. The molecule has 0 unspecified atom stereocenters. The molecule has 1 saturated carbocycles. The summed E-state index contributed by atoms with van der Waals surface area (Å²) in [5.74, 6) is -0.0626. The molecule has 0 N–H and O–H groups in total. The van der Waals surface area contributed by atoms with Gasteiger partial charge in [-0.25, -0.2) is 4.63 Å². The van der Waals surface area contributed by atoms with Gasteiger partial charge in [0.05, 0.1) is 12.8 Å². The van der Waals surface area contributed by atoms with Gasteiger partial charge in [-0.05, 0) is 41.4 Å². The third-order valence-electron chi connectivity index (χ3n) is 4.03. The molecule has 0 spiro atoms. The molecule has 0 atom stereocenters. The van der Waals surface area contributed by atoms with Crippen LogP contribution >= 0.6 is 0 Å². The van der Waals surface area contributed by atoms with Crippen LogP contribution in [-0.2, 0) is 0 Å². The molecule has 1 amide bonds. The van der Waals surface area contributed by atoms with Crippen LogP contribution in [0.3, 0.4) is 0 Å². The van der Waals surface area contributed by atoms with Crippen molar-refractivity contribution in [1.29, 1.82) is 0 Å². The van der Waals surface area contributed by atoms with E-state index in [1.54, 1.807) is 30.1 Å². The number of fused-ring (bicyclic) bond motifs is 1. The molecule has 3 rings (SSSR count). The van der Waals surface area contributed by atoms with E-state index < -0.39 is 0 Å². The molecule has 1 aromatic carbocycles. The van der Waals surface area contributed by atoms with Crippen LogP contribution in [0.4, 0.5) is 0 Å². The van der Waals surface area contributed by atoms with Crippen molar-refractivity contribution in [2.24, 2.45) is 0 Å². The van der Waals surface area contributed by atoms with Gasteiger partial charge >= 0.3 is 5.71 Å². The molecule has 7 nitrogen and oxygen atoms in total. The quantitative estimate of drug-likeness (QED) is 0.781. The van der Waals surface area contributed by atoms with E-state index in [-0.39, 0.29) is 11.9 Å². The Balaban J connectivity index is 1.76. The Morgan fingerprint density at radius 3 is 2.71 bits per heavy atom. The second-order valence-corrected chi connectivity index (χ2v) is 5.27. The van der Waals surface area contributed by atoms with E-state index >= 15 is 0 Å². The summed E-state index contributed by atoms with van der Waals surface area (Å²) in [7, 11) is 1.79. The van der Waals surface area contributed by atoms with Crippen LogP contribution in [-0.4, -0.2) is 39.9 Å². The minimum absolute atomic E-state index is 0.0626. The van der Waals surface area contributed by atoms with Crippen molar-refractivity contribution in [3.8, 4) is 0 Å². The molecule has 1 aromatic heterocycles. The lowest BCUT2D eigenvalue weighted by Crippen LogP contribution is -2.39. The molecule has 1 fully saturated rings. The lowest BCUT2D eigenvalue weighted by atomic mass is 9.92. The van der Waals surface area contributed by atoms with Crippen LogP contribution in [0.15, 0.2) is 22.8 Å². The SMILES string of the molecule is CN(C(=O)c1ccc2nonc2c1)C1CCC(=[N+]=O)CC1. The summed E-state index contributed by atoms with van der Waals surface area (Å²) in [5.41, 5.74) is 2.45. The topological polar surface area (TPSA) is 90.4 Å². The number of carbonyl (C=O) groups excluding carboxylic acids is 1. The highest BCUT2D eigenvalue weighted by Gasteiger charge is 2.29. The molecule has 0 radical (unpaired) electrons. The number of hydrogen-bond donors (Lipinski definition) is 0. The average Bonchev–Trinajstić information content (AvgIpc) is 3.01. The van der Waals surface area contributed by atoms with Crippen molar-refractivity contribution in [1.82, 2.24) is 20.1 Å². The lowest BCUT2D eigenvalue weighted by Gasteiger charge is -2.29. The van der Waals surface area contributed by atoms with Crippen LogP contribution in [0, 0.1) is 4.91 Å². The zero-order valence-electron chi connectivity index (χ0n) is 11.7. The number of nitrogens with zero attached hydrogens (tertiary/aromatic N) is 4. The zero-order chi connectivity index (χ0) is 14.8. The second-order valence-electron chi connectivity index (χ2n) is 5.27. The molecule has 0 bridgehead atoms. The lowest BCUT2D eigenvalue weighted by molar-refractivity contribution is 0.0714. The highest BCUT2D eigenvalue weighted by Crippen LogP contribution is 2.21. The molecule has 1 aliphatic carbocycles. The Labute approximate surface area is 120 Å². The van der Waals surface area contributed by atoms with Crippen molar-refractivity contribution in [2.75, 3.05) is 7.05 Å². The minimum Gasteiger partial charge on any atom is -0.339 e. The van der Waals surface area contributed by atoms with Crippen LogP contribution in [0.5, 0.6) is 0 Å². The third kappa shape index (κ3) is 2.55. The maximum absolute atomic E-state index is 12.5. The molecular weight excluding hydrogens is 272 g/mol. The Bertz CT molecular complexity index is 723. The maximum atomic E-state index is 12.5. The Kier molecular flexibility index (Phi) is 3.50. The van der Waals surface area contributed by atoms with Crippen molar-refractivity contribution in [3.05, 3.63) is 28.7 Å². The fourth-order valence-corrected chi connectivity index (χ4v) is 2.70. The van der Waals surface area contributed by atoms with Gasteiger partial charge in [0.1, 0.15) is 11.0 Å². The monoisotopic (exact) mass is 287 g/mol. The summed E-state index contributed by atoms with van der Waals surface area (Å²) < 4.78 is 4.63. The van der Waals surface area contributed by atoms with E-state index in [2.05, 4.69) is 19.8 Å². The Morgan fingerprint density at radius 1 is 1.29 bits per heavy atom. The summed E-state index contributed by atoms with van der Waals surface area (Å²) >= 11 is 0. The van der Waals surface area contributed by atoms with Crippen molar-refractivity contribution < 1.29 is 9.42 Å². The first-order valence-corrected chi connectivity index (χ1v) is 6.86. The first kappa shape index (κ1) is 13.5. The highest BCUT2D eigenvalue weighted by molar-refractivity contribution is 5.97. The fourth-order valence-electron chi connectivity index (χ4n) is 2.70. The van der Waals surface area contributed by atoms with Gasteiger partial charge in [-0.3, -0.25) is 4.79 Å². The third-order valence-corrected chi connectivity index (χ3v) is 4.03. The van der Waals surface area contributed by atoms with Gasteiger partial charge in [0.25, 0.3) is 5.91 Å². The molecule has 7 heteroatoms. The van der Waals surface area contributed by atoms with Crippen molar-refractivity contribution >= 4 is 22.7 Å². The van der Waals surface area contributed by atoms with Gasteiger partial charge in [-0.15, -0.1) is 0 Å². The van der Waals surface area contributed by atoms with E-state index in [1.807, 2.05) is 0 Å². The summed E-state index contributed by atoms with van der Waals surface area (Å²) in [6, 6.07) is 5.25. The van der Waals surface area contributed by atoms with Gasteiger partial charge in [0.15, 0.2) is 4.91 Å². The number of aromatic nitrogens is 2. The fraction of sp³-hybridized carbons (Fsp3) is 0.429. The van der Waals surface area contributed by atoms with Crippen LogP contribution in [0.25, 0.3) is 11.0 Å². The van der Waals surface area contributed by atoms with Crippen LogP contribution < -0.4 is 4.85 Å². The first-order chi connectivity index (χ1) is 10.2. The van der Waals surface area contributed by atoms with Gasteiger partial charge in [-0.2, -0.15) is 0 Å². The van der Waals surface area contributed by atoms with E-state index in [0.717, 1.165) is 12.8 Å². The molecular formula is C14H15N4O3+. The van der Waals surface area contributed by atoms with Crippen molar-refractivity contribution in [3.63, 3.8) is 0 Å².